The number of nitro benzene ring substituents is 1. The van der Waals surface area contributed by atoms with Crippen LogP contribution in [0.2, 0.25) is 0 Å². The summed E-state index contributed by atoms with van der Waals surface area (Å²) >= 11 is 0. The lowest BCUT2D eigenvalue weighted by Gasteiger charge is -2.08. The molecule has 0 aliphatic carbocycles. The van der Waals surface area contributed by atoms with E-state index < -0.39 is 20.4 Å². The second-order valence-electron chi connectivity index (χ2n) is 3.56. The van der Waals surface area contributed by atoms with Crippen molar-refractivity contribution in [3.05, 3.63) is 28.3 Å². The Morgan fingerprint density at radius 2 is 2.17 bits per heavy atom. The molecule has 1 aromatic rings. The average Bonchev–Trinajstić information content (AvgIpc) is 2.27. The van der Waals surface area contributed by atoms with E-state index in [4.69, 9.17) is 6.42 Å². The standard InChI is InChI=1S/C11H12N2O4S/c1-3-4-8-12-9-6-5-7-10(18(2,16)17)11(9)13(14)15/h1,5-7,12H,4,8H2,2H3. The molecule has 0 spiro atoms. The van der Waals surface area contributed by atoms with E-state index in [1.54, 1.807) is 0 Å². The minimum atomic E-state index is -3.65. The minimum Gasteiger partial charge on any atom is -0.378 e. The molecule has 1 aromatic carbocycles. The van der Waals surface area contributed by atoms with Crippen LogP contribution in [0.3, 0.4) is 0 Å². The van der Waals surface area contributed by atoms with Crippen molar-refractivity contribution in [3.63, 3.8) is 0 Å². The summed E-state index contributed by atoms with van der Waals surface area (Å²) in [5, 5.41) is 13.7. The summed E-state index contributed by atoms with van der Waals surface area (Å²) in [7, 11) is -3.65. The fourth-order valence-corrected chi connectivity index (χ4v) is 2.28. The van der Waals surface area contributed by atoms with Gasteiger partial charge in [0.1, 0.15) is 10.6 Å². The number of benzene rings is 1. The molecule has 6 nitrogen and oxygen atoms in total. The number of hydrogen-bond acceptors (Lipinski definition) is 5. The quantitative estimate of drug-likeness (QED) is 0.377. The molecule has 96 valence electrons. The van der Waals surface area contributed by atoms with Crippen molar-refractivity contribution in [2.24, 2.45) is 0 Å². The molecule has 0 unspecified atom stereocenters. The van der Waals surface area contributed by atoms with Gasteiger partial charge in [0.05, 0.1) is 4.92 Å². The van der Waals surface area contributed by atoms with E-state index in [0.717, 1.165) is 6.26 Å². The molecular weight excluding hydrogens is 256 g/mol. The van der Waals surface area contributed by atoms with Crippen molar-refractivity contribution in [1.29, 1.82) is 0 Å². The number of sulfone groups is 1. The van der Waals surface area contributed by atoms with E-state index in [9.17, 15) is 18.5 Å². The van der Waals surface area contributed by atoms with Crippen LogP contribution in [0.15, 0.2) is 23.1 Å². The van der Waals surface area contributed by atoms with Gasteiger partial charge in [-0.05, 0) is 12.1 Å². The molecule has 1 N–H and O–H groups in total. The van der Waals surface area contributed by atoms with Crippen LogP contribution in [0.4, 0.5) is 11.4 Å². The summed E-state index contributed by atoms with van der Waals surface area (Å²) < 4.78 is 23.0. The highest BCUT2D eigenvalue weighted by Gasteiger charge is 2.25. The summed E-state index contributed by atoms with van der Waals surface area (Å²) in [6.45, 7) is 0.338. The van der Waals surface area contributed by atoms with Gasteiger partial charge in [-0.1, -0.05) is 6.07 Å². The number of terminal acetylenes is 1. The van der Waals surface area contributed by atoms with Crippen LogP contribution in [0.25, 0.3) is 0 Å². The predicted octanol–water partition coefficient (Wildman–Crippen LogP) is 1.43. The highest BCUT2D eigenvalue weighted by atomic mass is 32.2. The van der Waals surface area contributed by atoms with E-state index >= 15 is 0 Å². The van der Waals surface area contributed by atoms with Crippen molar-refractivity contribution in [3.8, 4) is 12.3 Å². The SMILES string of the molecule is C#CCCNc1cccc(S(C)(=O)=O)c1[N+](=O)[O-]. The zero-order valence-electron chi connectivity index (χ0n) is 9.71. The van der Waals surface area contributed by atoms with Gasteiger partial charge < -0.3 is 5.32 Å². The van der Waals surface area contributed by atoms with Crippen molar-refractivity contribution >= 4 is 21.2 Å². The summed E-state index contributed by atoms with van der Waals surface area (Å²) in [5.41, 5.74) is -0.296. The monoisotopic (exact) mass is 268 g/mol. The Morgan fingerprint density at radius 1 is 1.50 bits per heavy atom. The lowest BCUT2D eigenvalue weighted by molar-refractivity contribution is -0.386. The summed E-state index contributed by atoms with van der Waals surface area (Å²) in [5.74, 6) is 2.38. The smallest absolute Gasteiger partial charge is 0.310 e. The second kappa shape index (κ2) is 5.51. The number of para-hydroxylation sites is 1. The van der Waals surface area contributed by atoms with Crippen LogP contribution in [0.1, 0.15) is 6.42 Å². The van der Waals surface area contributed by atoms with Crippen LogP contribution in [0.5, 0.6) is 0 Å². The third-order valence-corrected chi connectivity index (χ3v) is 3.29. The lowest BCUT2D eigenvalue weighted by Crippen LogP contribution is -2.08. The summed E-state index contributed by atoms with van der Waals surface area (Å²) in [6, 6.07) is 4.10. The number of hydrogen-bond donors (Lipinski definition) is 1. The number of anilines is 1. The molecular formula is C11H12N2O4S. The van der Waals surface area contributed by atoms with Gasteiger partial charge in [0, 0.05) is 19.2 Å². The molecule has 0 saturated heterocycles. The van der Waals surface area contributed by atoms with E-state index in [1.165, 1.54) is 18.2 Å². The largest absolute Gasteiger partial charge is 0.378 e. The van der Waals surface area contributed by atoms with Crippen molar-refractivity contribution in [2.45, 2.75) is 11.3 Å². The second-order valence-corrected chi connectivity index (χ2v) is 5.55. The van der Waals surface area contributed by atoms with Gasteiger partial charge in [-0.2, -0.15) is 0 Å². The van der Waals surface area contributed by atoms with Crippen LogP contribution in [-0.2, 0) is 9.84 Å². The molecule has 0 aromatic heterocycles. The van der Waals surface area contributed by atoms with Crippen LogP contribution in [-0.4, -0.2) is 26.1 Å². The molecule has 0 atom stereocenters. The number of nitro groups is 1. The Bertz CT molecular complexity index is 602. The fourth-order valence-electron chi connectivity index (χ4n) is 1.42. The van der Waals surface area contributed by atoms with Gasteiger partial charge in [0.25, 0.3) is 0 Å². The highest BCUT2D eigenvalue weighted by Crippen LogP contribution is 2.31. The van der Waals surface area contributed by atoms with Crippen LogP contribution >= 0.6 is 0 Å². The lowest BCUT2D eigenvalue weighted by atomic mass is 10.2. The molecule has 0 bridgehead atoms. The Hall–Kier alpha value is -2.07. The fraction of sp³-hybridized carbons (Fsp3) is 0.273. The average molecular weight is 268 g/mol. The molecule has 0 aliphatic heterocycles. The first-order valence-corrected chi connectivity index (χ1v) is 6.92. The van der Waals surface area contributed by atoms with Gasteiger partial charge in [-0.15, -0.1) is 12.3 Å². The number of rotatable bonds is 5. The summed E-state index contributed by atoms with van der Waals surface area (Å²) in [4.78, 5) is 9.96. The highest BCUT2D eigenvalue weighted by molar-refractivity contribution is 7.90. The van der Waals surface area contributed by atoms with Gasteiger partial charge in [-0.25, -0.2) is 8.42 Å². The van der Waals surface area contributed by atoms with Crippen molar-refractivity contribution in [1.82, 2.24) is 0 Å². The van der Waals surface area contributed by atoms with Crippen LogP contribution in [0, 0.1) is 22.5 Å². The first kappa shape index (κ1) is 14.0. The zero-order chi connectivity index (χ0) is 13.8. The molecule has 0 amide bonds. The van der Waals surface area contributed by atoms with E-state index in [2.05, 4.69) is 11.2 Å². The first-order chi connectivity index (χ1) is 8.38. The third kappa shape index (κ3) is 3.21. The van der Waals surface area contributed by atoms with E-state index in [1.807, 2.05) is 0 Å². The Morgan fingerprint density at radius 3 is 2.67 bits per heavy atom. The molecule has 0 aliphatic rings. The molecule has 7 heteroatoms. The molecule has 0 fully saturated rings. The van der Waals surface area contributed by atoms with Gasteiger partial charge in [0.15, 0.2) is 9.84 Å². The first-order valence-electron chi connectivity index (χ1n) is 5.02. The third-order valence-electron chi connectivity index (χ3n) is 2.17. The molecule has 18 heavy (non-hydrogen) atoms. The Kier molecular flexibility index (Phi) is 4.28. The van der Waals surface area contributed by atoms with E-state index in [0.29, 0.717) is 13.0 Å². The maximum atomic E-state index is 11.5. The molecule has 0 heterocycles. The molecule has 1 rings (SSSR count). The maximum Gasteiger partial charge on any atom is 0.310 e. The van der Waals surface area contributed by atoms with E-state index in [-0.39, 0.29) is 10.6 Å². The van der Waals surface area contributed by atoms with Gasteiger partial charge >= 0.3 is 5.69 Å². The van der Waals surface area contributed by atoms with Crippen LogP contribution < -0.4 is 5.32 Å². The molecule has 0 saturated carbocycles. The normalized spacial score (nSPS) is 10.7. The predicted molar refractivity (Wildman–Crippen MR) is 68.1 cm³/mol. The summed E-state index contributed by atoms with van der Waals surface area (Å²) in [6.07, 6.45) is 6.39. The number of nitrogens with one attached hydrogen (secondary N) is 1. The van der Waals surface area contributed by atoms with Gasteiger partial charge in [0.2, 0.25) is 0 Å². The maximum absolute atomic E-state index is 11.5. The number of nitrogens with zero attached hydrogens (tertiary/aromatic N) is 1. The minimum absolute atomic E-state index is 0.151. The van der Waals surface area contributed by atoms with Crippen molar-refractivity contribution in [2.75, 3.05) is 18.1 Å². The van der Waals surface area contributed by atoms with Gasteiger partial charge in [-0.3, -0.25) is 10.1 Å². The molecule has 0 radical (unpaired) electrons. The Labute approximate surface area is 105 Å². The zero-order valence-corrected chi connectivity index (χ0v) is 10.5. The topological polar surface area (TPSA) is 89.3 Å². The Balaban J connectivity index is 3.28. The van der Waals surface area contributed by atoms with Crippen molar-refractivity contribution < 1.29 is 13.3 Å².